The third kappa shape index (κ3) is 4.31. The van der Waals surface area contributed by atoms with E-state index in [4.69, 9.17) is 9.47 Å². The minimum absolute atomic E-state index is 0.248. The van der Waals surface area contributed by atoms with Crippen LogP contribution in [0.1, 0.15) is 5.56 Å². The molecule has 1 atom stereocenters. The molecule has 0 radical (unpaired) electrons. The molecule has 0 saturated heterocycles. The molecule has 1 aromatic heterocycles. The number of ether oxygens (including phenoxy) is 2. The summed E-state index contributed by atoms with van der Waals surface area (Å²) in [5.74, 6) is 0.856. The Labute approximate surface area is 143 Å². The number of hydrogen-bond acceptors (Lipinski definition) is 3. The van der Waals surface area contributed by atoms with Crippen molar-refractivity contribution in [3.63, 3.8) is 0 Å². The molecule has 0 aliphatic carbocycles. The number of rotatable bonds is 7. The van der Waals surface area contributed by atoms with E-state index in [2.05, 4.69) is 23.3 Å². The van der Waals surface area contributed by atoms with Gasteiger partial charge in [-0.05, 0) is 23.5 Å². The van der Waals surface area contributed by atoms with Gasteiger partial charge < -0.3 is 9.47 Å². The van der Waals surface area contributed by atoms with Gasteiger partial charge in [-0.15, -0.1) is 0 Å². The van der Waals surface area contributed by atoms with Crippen LogP contribution in [-0.4, -0.2) is 24.8 Å². The molecular formula is C19H19N2O2P. The number of benzene rings is 2. The molecule has 3 rings (SSSR count). The zero-order valence-electron chi connectivity index (χ0n) is 13.4. The molecule has 3 aromatic rings. The van der Waals surface area contributed by atoms with Crippen LogP contribution < -0.4 is 15.3 Å². The SMILES string of the molecule is COCOc1ccccc1Pc1ccccc1/C=N/n1cccc1. The van der Waals surface area contributed by atoms with Crippen LogP contribution in [0.2, 0.25) is 0 Å². The first kappa shape index (κ1) is 16.4. The lowest BCUT2D eigenvalue weighted by Crippen LogP contribution is -2.12. The van der Waals surface area contributed by atoms with Crippen molar-refractivity contribution in [2.75, 3.05) is 13.9 Å². The molecule has 0 amide bonds. The maximum atomic E-state index is 5.66. The quantitative estimate of drug-likeness (QED) is 0.377. The van der Waals surface area contributed by atoms with Crippen molar-refractivity contribution < 1.29 is 9.47 Å². The summed E-state index contributed by atoms with van der Waals surface area (Å²) in [6, 6.07) is 20.2. The van der Waals surface area contributed by atoms with E-state index < -0.39 is 0 Å². The summed E-state index contributed by atoms with van der Waals surface area (Å²) < 4.78 is 12.5. The topological polar surface area (TPSA) is 35.8 Å². The fraction of sp³-hybridized carbons (Fsp3) is 0.105. The Hall–Kier alpha value is -2.42. The van der Waals surface area contributed by atoms with Crippen LogP contribution in [-0.2, 0) is 4.74 Å². The zero-order chi connectivity index (χ0) is 16.6. The lowest BCUT2D eigenvalue weighted by atomic mass is 10.2. The average molecular weight is 338 g/mol. The molecule has 0 N–H and O–H groups in total. The van der Waals surface area contributed by atoms with Gasteiger partial charge in [-0.2, -0.15) is 5.10 Å². The lowest BCUT2D eigenvalue weighted by molar-refractivity contribution is 0.0519. The van der Waals surface area contributed by atoms with Crippen LogP contribution in [0.25, 0.3) is 0 Å². The van der Waals surface area contributed by atoms with Gasteiger partial charge in [-0.3, -0.25) is 0 Å². The normalized spacial score (nSPS) is 11.5. The molecule has 24 heavy (non-hydrogen) atoms. The van der Waals surface area contributed by atoms with Crippen LogP contribution in [0.15, 0.2) is 78.2 Å². The standard InChI is InChI=1S/C19H19N2O2P/c1-22-15-23-17-9-3-5-11-19(17)24-18-10-4-2-8-16(18)14-20-21-12-6-7-13-21/h2-14,24H,15H2,1H3/b20-14+. The third-order valence-corrected chi connectivity index (χ3v) is 4.78. The maximum absolute atomic E-state index is 5.66. The molecule has 1 unspecified atom stereocenters. The van der Waals surface area contributed by atoms with Crippen molar-refractivity contribution >= 4 is 25.4 Å². The Morgan fingerprint density at radius 3 is 2.46 bits per heavy atom. The molecule has 5 heteroatoms. The zero-order valence-corrected chi connectivity index (χ0v) is 14.4. The highest BCUT2D eigenvalue weighted by Crippen LogP contribution is 2.20. The fourth-order valence-corrected chi connectivity index (χ4v) is 3.44. The summed E-state index contributed by atoms with van der Waals surface area (Å²) in [6.45, 7) is 0.248. The van der Waals surface area contributed by atoms with Crippen molar-refractivity contribution in [1.29, 1.82) is 0 Å². The summed E-state index contributed by atoms with van der Waals surface area (Å²) in [7, 11) is 2.10. The van der Waals surface area contributed by atoms with Crippen molar-refractivity contribution in [2.45, 2.75) is 0 Å². The minimum atomic E-state index is 0.248. The first-order valence-corrected chi connectivity index (χ1v) is 8.61. The molecule has 0 aliphatic heterocycles. The highest BCUT2D eigenvalue weighted by atomic mass is 31.1. The first-order valence-electron chi connectivity index (χ1n) is 7.61. The summed E-state index contributed by atoms with van der Waals surface area (Å²) in [4.78, 5) is 0. The Kier molecular flexibility index (Phi) is 5.78. The summed E-state index contributed by atoms with van der Waals surface area (Å²) in [6.07, 6.45) is 5.71. The minimum Gasteiger partial charge on any atom is -0.467 e. The van der Waals surface area contributed by atoms with Gasteiger partial charge in [-0.1, -0.05) is 51.0 Å². The molecule has 122 valence electrons. The number of methoxy groups -OCH3 is 1. The lowest BCUT2D eigenvalue weighted by Gasteiger charge is -2.12. The highest BCUT2D eigenvalue weighted by Gasteiger charge is 2.07. The molecule has 4 nitrogen and oxygen atoms in total. The Balaban J connectivity index is 1.83. The molecular weight excluding hydrogens is 319 g/mol. The summed E-state index contributed by atoms with van der Waals surface area (Å²) in [5.41, 5.74) is 1.10. The summed E-state index contributed by atoms with van der Waals surface area (Å²) >= 11 is 0. The number of hydrogen-bond donors (Lipinski definition) is 0. The Morgan fingerprint density at radius 1 is 0.958 bits per heavy atom. The van der Waals surface area contributed by atoms with E-state index in [1.54, 1.807) is 11.8 Å². The van der Waals surface area contributed by atoms with Crippen LogP contribution in [0.5, 0.6) is 5.75 Å². The van der Waals surface area contributed by atoms with Crippen molar-refractivity contribution in [3.8, 4) is 5.75 Å². The largest absolute Gasteiger partial charge is 0.467 e. The first-order chi connectivity index (χ1) is 11.9. The third-order valence-electron chi connectivity index (χ3n) is 3.37. The monoisotopic (exact) mass is 338 g/mol. The number of para-hydroxylation sites is 1. The molecule has 0 bridgehead atoms. The van der Waals surface area contributed by atoms with Crippen LogP contribution in [0.4, 0.5) is 0 Å². The second kappa shape index (κ2) is 8.44. The van der Waals surface area contributed by atoms with Gasteiger partial charge in [0.25, 0.3) is 0 Å². The van der Waals surface area contributed by atoms with Crippen LogP contribution >= 0.6 is 8.58 Å². The number of aromatic nitrogens is 1. The van der Waals surface area contributed by atoms with E-state index in [0.717, 1.165) is 16.6 Å². The van der Waals surface area contributed by atoms with Gasteiger partial charge in [0.2, 0.25) is 0 Å². The van der Waals surface area contributed by atoms with Crippen LogP contribution in [0, 0.1) is 0 Å². The van der Waals surface area contributed by atoms with E-state index in [9.17, 15) is 0 Å². The van der Waals surface area contributed by atoms with Gasteiger partial charge >= 0.3 is 0 Å². The molecule has 2 aromatic carbocycles. The van der Waals surface area contributed by atoms with E-state index in [0.29, 0.717) is 8.58 Å². The molecule has 0 spiro atoms. The second-order valence-electron chi connectivity index (χ2n) is 5.07. The van der Waals surface area contributed by atoms with Crippen molar-refractivity contribution in [2.24, 2.45) is 5.10 Å². The van der Waals surface area contributed by atoms with E-state index in [-0.39, 0.29) is 6.79 Å². The van der Waals surface area contributed by atoms with Crippen molar-refractivity contribution in [1.82, 2.24) is 4.68 Å². The predicted molar refractivity (Wildman–Crippen MR) is 100 cm³/mol. The molecule has 0 aliphatic rings. The van der Waals surface area contributed by atoms with E-state index in [1.807, 2.05) is 61.1 Å². The van der Waals surface area contributed by atoms with E-state index >= 15 is 0 Å². The predicted octanol–water partition coefficient (Wildman–Crippen LogP) is 2.98. The Morgan fingerprint density at radius 2 is 1.67 bits per heavy atom. The maximum Gasteiger partial charge on any atom is 0.188 e. The van der Waals surface area contributed by atoms with Crippen LogP contribution in [0.3, 0.4) is 0 Å². The van der Waals surface area contributed by atoms with Gasteiger partial charge in [0.15, 0.2) is 6.79 Å². The van der Waals surface area contributed by atoms with Crippen molar-refractivity contribution in [3.05, 3.63) is 78.6 Å². The molecule has 0 saturated carbocycles. The van der Waals surface area contributed by atoms with Gasteiger partial charge in [-0.25, -0.2) is 4.68 Å². The smallest absolute Gasteiger partial charge is 0.188 e. The highest BCUT2D eigenvalue weighted by molar-refractivity contribution is 7.56. The van der Waals surface area contributed by atoms with Gasteiger partial charge in [0.1, 0.15) is 5.75 Å². The molecule has 0 fully saturated rings. The Bertz CT molecular complexity index is 801. The average Bonchev–Trinajstić information content (AvgIpc) is 3.14. The number of nitrogens with zero attached hydrogens (tertiary/aromatic N) is 2. The fourth-order valence-electron chi connectivity index (χ4n) is 2.22. The summed E-state index contributed by atoms with van der Waals surface area (Å²) in [5, 5.41) is 6.83. The van der Waals surface area contributed by atoms with E-state index in [1.165, 1.54) is 5.30 Å². The second-order valence-corrected chi connectivity index (χ2v) is 6.39. The van der Waals surface area contributed by atoms with Gasteiger partial charge in [0.05, 0.1) is 6.21 Å². The van der Waals surface area contributed by atoms with Gasteiger partial charge in [0, 0.05) is 30.4 Å². The molecule has 1 heterocycles.